The SMILES string of the molecule is O=C(C1=CCCCO1)N1CC(O)CC1c1cccc(C(F)(F)F)c1. The fourth-order valence-electron chi connectivity index (χ4n) is 3.12. The summed E-state index contributed by atoms with van der Waals surface area (Å²) in [6, 6.07) is 4.31. The van der Waals surface area contributed by atoms with Gasteiger partial charge in [0.05, 0.1) is 24.3 Å². The first-order valence-corrected chi connectivity index (χ1v) is 7.85. The lowest BCUT2D eigenvalue weighted by Gasteiger charge is -2.27. The lowest BCUT2D eigenvalue weighted by molar-refractivity contribution is -0.137. The highest BCUT2D eigenvalue weighted by molar-refractivity contribution is 5.92. The molecule has 0 radical (unpaired) electrons. The van der Waals surface area contributed by atoms with Crippen LogP contribution in [-0.2, 0) is 15.7 Å². The molecule has 2 aliphatic heterocycles. The molecule has 1 aromatic rings. The van der Waals surface area contributed by atoms with Crippen molar-refractivity contribution >= 4 is 5.91 Å². The highest BCUT2D eigenvalue weighted by Crippen LogP contribution is 2.37. The van der Waals surface area contributed by atoms with Gasteiger partial charge in [0.2, 0.25) is 0 Å². The van der Waals surface area contributed by atoms with Crippen molar-refractivity contribution in [2.75, 3.05) is 13.2 Å². The Labute approximate surface area is 137 Å². The number of amides is 1. The van der Waals surface area contributed by atoms with Gasteiger partial charge in [0.15, 0.2) is 5.76 Å². The van der Waals surface area contributed by atoms with Crippen molar-refractivity contribution in [3.8, 4) is 0 Å². The smallest absolute Gasteiger partial charge is 0.416 e. The van der Waals surface area contributed by atoms with Gasteiger partial charge in [0, 0.05) is 6.54 Å². The van der Waals surface area contributed by atoms with Crippen LogP contribution in [0, 0.1) is 0 Å². The Kier molecular flexibility index (Phi) is 4.54. The molecule has 130 valence electrons. The van der Waals surface area contributed by atoms with E-state index in [2.05, 4.69) is 0 Å². The number of β-amino-alcohol motifs (C(OH)–C–C–N with tert-alkyl or cyclic N) is 1. The fourth-order valence-corrected chi connectivity index (χ4v) is 3.12. The summed E-state index contributed by atoms with van der Waals surface area (Å²) in [5, 5.41) is 9.93. The van der Waals surface area contributed by atoms with Gasteiger partial charge in [-0.2, -0.15) is 13.2 Å². The van der Waals surface area contributed by atoms with Crippen LogP contribution in [-0.4, -0.2) is 35.2 Å². The van der Waals surface area contributed by atoms with Crippen molar-refractivity contribution in [1.82, 2.24) is 4.90 Å². The second kappa shape index (κ2) is 6.47. The van der Waals surface area contributed by atoms with Crippen molar-refractivity contribution in [3.05, 3.63) is 47.2 Å². The summed E-state index contributed by atoms with van der Waals surface area (Å²) in [5.74, 6) is -0.166. The van der Waals surface area contributed by atoms with Crippen LogP contribution in [0.2, 0.25) is 0 Å². The minimum absolute atomic E-state index is 0.0838. The summed E-state index contributed by atoms with van der Waals surface area (Å²) in [6.45, 7) is 0.530. The van der Waals surface area contributed by atoms with E-state index in [-0.39, 0.29) is 24.6 Å². The molecule has 2 aliphatic rings. The number of alkyl halides is 3. The number of ether oxygens (including phenoxy) is 1. The van der Waals surface area contributed by atoms with Crippen LogP contribution in [0.3, 0.4) is 0 Å². The van der Waals surface area contributed by atoms with Gasteiger partial charge in [-0.05, 0) is 43.0 Å². The molecular formula is C17H18F3NO3. The van der Waals surface area contributed by atoms with E-state index in [1.807, 2.05) is 0 Å². The standard InChI is InChI=1S/C17H18F3NO3/c18-17(19,20)12-5-3-4-11(8-12)14-9-13(22)10-21(14)16(23)15-6-1-2-7-24-15/h3-6,8,13-14,22H,1-2,7,9-10H2. The molecule has 1 aromatic carbocycles. The Morgan fingerprint density at radius 2 is 2.12 bits per heavy atom. The zero-order chi connectivity index (χ0) is 17.3. The largest absolute Gasteiger partial charge is 0.488 e. The lowest BCUT2D eigenvalue weighted by atomic mass is 10.0. The molecule has 1 saturated heterocycles. The molecule has 0 aromatic heterocycles. The molecule has 1 N–H and O–H groups in total. The number of hydrogen-bond acceptors (Lipinski definition) is 3. The number of benzene rings is 1. The number of carbonyl (C=O) groups is 1. The van der Waals surface area contributed by atoms with Crippen molar-refractivity contribution < 1.29 is 27.8 Å². The number of likely N-dealkylation sites (tertiary alicyclic amines) is 1. The quantitative estimate of drug-likeness (QED) is 0.900. The average Bonchev–Trinajstić information content (AvgIpc) is 2.96. The maximum atomic E-state index is 12.9. The number of carbonyl (C=O) groups excluding carboxylic acids is 1. The molecule has 0 spiro atoms. The summed E-state index contributed by atoms with van der Waals surface area (Å²) in [7, 11) is 0. The number of nitrogens with zero attached hydrogens (tertiary/aromatic N) is 1. The molecule has 0 bridgehead atoms. The van der Waals surface area contributed by atoms with E-state index in [1.165, 1.54) is 11.0 Å². The number of rotatable bonds is 2. The molecule has 2 unspecified atom stereocenters. The minimum Gasteiger partial charge on any atom is -0.488 e. The van der Waals surface area contributed by atoms with E-state index < -0.39 is 23.9 Å². The van der Waals surface area contributed by atoms with E-state index in [0.717, 1.165) is 25.0 Å². The van der Waals surface area contributed by atoms with E-state index in [9.17, 15) is 23.1 Å². The summed E-state index contributed by atoms with van der Waals surface area (Å²) >= 11 is 0. The van der Waals surface area contributed by atoms with Gasteiger partial charge >= 0.3 is 6.18 Å². The topological polar surface area (TPSA) is 49.8 Å². The van der Waals surface area contributed by atoms with Gasteiger partial charge in [-0.25, -0.2) is 0 Å². The molecule has 2 heterocycles. The van der Waals surface area contributed by atoms with Crippen LogP contribution in [0.1, 0.15) is 36.4 Å². The molecule has 1 fully saturated rings. The number of aliphatic hydroxyl groups is 1. The third-order valence-electron chi connectivity index (χ3n) is 4.29. The molecule has 24 heavy (non-hydrogen) atoms. The molecule has 2 atom stereocenters. The number of allylic oxidation sites excluding steroid dienone is 1. The van der Waals surface area contributed by atoms with Gasteiger partial charge in [-0.1, -0.05) is 12.1 Å². The summed E-state index contributed by atoms with van der Waals surface area (Å²) in [6.07, 6.45) is -1.75. The summed E-state index contributed by atoms with van der Waals surface area (Å²) in [4.78, 5) is 14.0. The third kappa shape index (κ3) is 3.40. The highest BCUT2D eigenvalue weighted by atomic mass is 19.4. The van der Waals surface area contributed by atoms with Crippen molar-refractivity contribution in [2.45, 2.75) is 37.6 Å². The fraction of sp³-hybridized carbons (Fsp3) is 0.471. The van der Waals surface area contributed by atoms with Crippen molar-refractivity contribution in [3.63, 3.8) is 0 Å². The Bertz CT molecular complexity index is 657. The first kappa shape index (κ1) is 16.8. The Hall–Kier alpha value is -2.02. The normalized spacial score (nSPS) is 24.5. The van der Waals surface area contributed by atoms with Gasteiger partial charge < -0.3 is 14.7 Å². The van der Waals surface area contributed by atoms with E-state index in [0.29, 0.717) is 12.2 Å². The van der Waals surface area contributed by atoms with E-state index in [4.69, 9.17) is 4.74 Å². The Balaban J connectivity index is 1.88. The molecular weight excluding hydrogens is 323 g/mol. The summed E-state index contributed by atoms with van der Waals surface area (Å²) in [5.41, 5.74) is -0.395. The second-order valence-corrected chi connectivity index (χ2v) is 6.05. The molecule has 4 nitrogen and oxygen atoms in total. The minimum atomic E-state index is -4.45. The average molecular weight is 341 g/mol. The Morgan fingerprint density at radius 3 is 2.79 bits per heavy atom. The maximum absolute atomic E-state index is 12.9. The first-order chi connectivity index (χ1) is 11.4. The third-order valence-corrected chi connectivity index (χ3v) is 4.29. The first-order valence-electron chi connectivity index (χ1n) is 7.85. The van der Waals surface area contributed by atoms with Crippen LogP contribution in [0.5, 0.6) is 0 Å². The number of hydrogen-bond donors (Lipinski definition) is 1. The molecule has 1 amide bonds. The van der Waals surface area contributed by atoms with Gasteiger partial charge in [-0.15, -0.1) is 0 Å². The molecule has 0 aliphatic carbocycles. The van der Waals surface area contributed by atoms with Crippen LogP contribution < -0.4 is 0 Å². The van der Waals surface area contributed by atoms with E-state index >= 15 is 0 Å². The van der Waals surface area contributed by atoms with E-state index in [1.54, 1.807) is 12.1 Å². The molecule has 3 rings (SSSR count). The Morgan fingerprint density at radius 1 is 1.33 bits per heavy atom. The highest BCUT2D eigenvalue weighted by Gasteiger charge is 2.38. The summed E-state index contributed by atoms with van der Waals surface area (Å²) < 4.78 is 44.1. The van der Waals surface area contributed by atoms with Gasteiger partial charge in [-0.3, -0.25) is 4.79 Å². The van der Waals surface area contributed by atoms with Crippen LogP contribution in [0.15, 0.2) is 36.1 Å². The zero-order valence-corrected chi connectivity index (χ0v) is 12.9. The van der Waals surface area contributed by atoms with Crippen molar-refractivity contribution in [1.29, 1.82) is 0 Å². The number of aliphatic hydroxyl groups excluding tert-OH is 1. The monoisotopic (exact) mass is 341 g/mol. The van der Waals surface area contributed by atoms with Gasteiger partial charge in [0.25, 0.3) is 5.91 Å². The van der Waals surface area contributed by atoms with Crippen LogP contribution >= 0.6 is 0 Å². The molecule has 0 saturated carbocycles. The second-order valence-electron chi connectivity index (χ2n) is 6.05. The van der Waals surface area contributed by atoms with Crippen LogP contribution in [0.25, 0.3) is 0 Å². The number of halogens is 3. The maximum Gasteiger partial charge on any atom is 0.416 e. The van der Waals surface area contributed by atoms with Crippen molar-refractivity contribution in [2.24, 2.45) is 0 Å². The lowest BCUT2D eigenvalue weighted by Crippen LogP contribution is -2.34. The van der Waals surface area contributed by atoms with Crippen LogP contribution in [0.4, 0.5) is 13.2 Å². The predicted octanol–water partition coefficient (Wildman–Crippen LogP) is 3.03. The van der Waals surface area contributed by atoms with Gasteiger partial charge in [0.1, 0.15) is 0 Å². The molecule has 7 heteroatoms. The predicted molar refractivity (Wildman–Crippen MR) is 79.8 cm³/mol. The zero-order valence-electron chi connectivity index (χ0n) is 12.9.